The van der Waals surface area contributed by atoms with Crippen molar-refractivity contribution in [1.29, 1.82) is 0 Å². The molecule has 3 N–H and O–H groups in total. The highest BCUT2D eigenvalue weighted by atomic mass is 32.1. The van der Waals surface area contributed by atoms with Crippen molar-refractivity contribution in [3.63, 3.8) is 0 Å². The van der Waals surface area contributed by atoms with Gasteiger partial charge >= 0.3 is 0 Å². The number of thiophene rings is 1. The predicted molar refractivity (Wildman–Crippen MR) is 95.3 cm³/mol. The molecule has 1 aromatic heterocycles. The summed E-state index contributed by atoms with van der Waals surface area (Å²) < 4.78 is 0. The third-order valence-electron chi connectivity index (χ3n) is 4.34. The van der Waals surface area contributed by atoms with Crippen LogP contribution in [0.1, 0.15) is 43.4 Å². The highest BCUT2D eigenvalue weighted by Crippen LogP contribution is 2.27. The Morgan fingerprint density at radius 2 is 1.92 bits per heavy atom. The molecule has 2 amide bonds. The summed E-state index contributed by atoms with van der Waals surface area (Å²) in [7, 11) is 0. The molecule has 1 aliphatic rings. The molecule has 1 fully saturated rings. The van der Waals surface area contributed by atoms with Gasteiger partial charge in [-0.05, 0) is 29.7 Å². The first-order valence-electron chi connectivity index (χ1n) is 8.10. The van der Waals surface area contributed by atoms with Crippen LogP contribution in [-0.4, -0.2) is 36.3 Å². The molecule has 1 aliphatic heterocycles. The second-order valence-corrected chi connectivity index (χ2v) is 6.93. The standard InChI is InChI=1S/C18H21N3O2S/c1-2-12-3-5-13(6-4-12)14-11-20-9-10-21(14)18(23)16-8-7-15(24-16)17(19)22/h3-8,14,20H,2,9-11H2,1H3,(H2,19,22). The number of hydrogen-bond acceptors (Lipinski definition) is 4. The number of nitrogens with two attached hydrogens (primary N) is 1. The van der Waals surface area contributed by atoms with Crippen molar-refractivity contribution in [1.82, 2.24) is 10.2 Å². The maximum Gasteiger partial charge on any atom is 0.264 e. The van der Waals surface area contributed by atoms with Crippen LogP contribution in [0.2, 0.25) is 0 Å². The van der Waals surface area contributed by atoms with Crippen LogP contribution < -0.4 is 11.1 Å². The number of benzene rings is 1. The van der Waals surface area contributed by atoms with Crippen molar-refractivity contribution in [3.05, 3.63) is 57.3 Å². The lowest BCUT2D eigenvalue weighted by atomic mass is 10.0. The van der Waals surface area contributed by atoms with Gasteiger partial charge in [0, 0.05) is 19.6 Å². The van der Waals surface area contributed by atoms with Crippen LogP contribution in [0.4, 0.5) is 0 Å². The SMILES string of the molecule is CCc1ccc(C2CNCCN2C(=O)c2ccc(C(N)=O)s2)cc1. The summed E-state index contributed by atoms with van der Waals surface area (Å²) >= 11 is 1.16. The molecule has 0 saturated carbocycles. The maximum atomic E-state index is 12.9. The largest absolute Gasteiger partial charge is 0.365 e. The summed E-state index contributed by atoms with van der Waals surface area (Å²) in [6.07, 6.45) is 0.997. The van der Waals surface area contributed by atoms with Crippen LogP contribution in [-0.2, 0) is 6.42 Å². The van der Waals surface area contributed by atoms with Gasteiger partial charge < -0.3 is 16.0 Å². The van der Waals surface area contributed by atoms with Crippen LogP contribution in [0.15, 0.2) is 36.4 Å². The molecule has 24 heavy (non-hydrogen) atoms. The van der Waals surface area contributed by atoms with E-state index in [-0.39, 0.29) is 11.9 Å². The van der Waals surface area contributed by atoms with Crippen molar-refractivity contribution >= 4 is 23.2 Å². The number of hydrogen-bond donors (Lipinski definition) is 2. The Morgan fingerprint density at radius 3 is 2.54 bits per heavy atom. The van der Waals surface area contributed by atoms with Gasteiger partial charge in [-0.1, -0.05) is 31.2 Å². The van der Waals surface area contributed by atoms with Crippen molar-refractivity contribution in [2.45, 2.75) is 19.4 Å². The number of amides is 2. The minimum Gasteiger partial charge on any atom is -0.365 e. The van der Waals surface area contributed by atoms with Crippen molar-refractivity contribution < 1.29 is 9.59 Å². The topological polar surface area (TPSA) is 75.4 Å². The summed E-state index contributed by atoms with van der Waals surface area (Å²) in [4.78, 5) is 27.0. The molecule has 0 bridgehead atoms. The Balaban J connectivity index is 1.85. The zero-order chi connectivity index (χ0) is 17.1. The van der Waals surface area contributed by atoms with Gasteiger partial charge in [0.25, 0.3) is 11.8 Å². The molecule has 1 aromatic carbocycles. The molecular weight excluding hydrogens is 322 g/mol. The normalized spacial score (nSPS) is 17.7. The van der Waals surface area contributed by atoms with E-state index in [0.717, 1.165) is 36.4 Å². The van der Waals surface area contributed by atoms with Crippen LogP contribution >= 0.6 is 11.3 Å². The van der Waals surface area contributed by atoms with Gasteiger partial charge in [-0.25, -0.2) is 0 Å². The molecular formula is C18H21N3O2S. The molecule has 126 valence electrons. The van der Waals surface area contributed by atoms with Gasteiger partial charge in [0.1, 0.15) is 0 Å². The Morgan fingerprint density at radius 1 is 1.21 bits per heavy atom. The van der Waals surface area contributed by atoms with Crippen LogP contribution in [0.3, 0.4) is 0 Å². The lowest BCUT2D eigenvalue weighted by Gasteiger charge is -2.36. The maximum absolute atomic E-state index is 12.9. The van der Waals surface area contributed by atoms with Crippen LogP contribution in [0, 0.1) is 0 Å². The highest BCUT2D eigenvalue weighted by Gasteiger charge is 2.29. The highest BCUT2D eigenvalue weighted by molar-refractivity contribution is 7.15. The Hall–Kier alpha value is -2.18. The summed E-state index contributed by atoms with van der Waals surface area (Å²) in [6.45, 7) is 4.26. The van der Waals surface area contributed by atoms with E-state index in [4.69, 9.17) is 5.73 Å². The number of nitrogens with one attached hydrogen (secondary N) is 1. The van der Waals surface area contributed by atoms with Gasteiger partial charge in [-0.2, -0.15) is 0 Å². The molecule has 5 nitrogen and oxygen atoms in total. The van der Waals surface area contributed by atoms with E-state index >= 15 is 0 Å². The number of rotatable bonds is 4. The quantitative estimate of drug-likeness (QED) is 0.893. The van der Waals surface area contributed by atoms with Crippen molar-refractivity contribution in [3.8, 4) is 0 Å². The van der Waals surface area contributed by atoms with Gasteiger partial charge in [-0.3, -0.25) is 9.59 Å². The first-order valence-corrected chi connectivity index (χ1v) is 8.92. The summed E-state index contributed by atoms with van der Waals surface area (Å²) in [5.74, 6) is -0.537. The number of piperazine rings is 1. The zero-order valence-corrected chi connectivity index (χ0v) is 14.4. The number of primary amides is 1. The summed E-state index contributed by atoms with van der Waals surface area (Å²) in [5, 5.41) is 3.36. The van der Waals surface area contributed by atoms with Crippen LogP contribution in [0.25, 0.3) is 0 Å². The fourth-order valence-corrected chi connectivity index (χ4v) is 3.76. The molecule has 1 unspecified atom stereocenters. The molecule has 2 heterocycles. The Bertz CT molecular complexity index is 739. The van der Waals surface area contributed by atoms with E-state index in [1.54, 1.807) is 12.1 Å². The van der Waals surface area contributed by atoms with Crippen molar-refractivity contribution in [2.75, 3.05) is 19.6 Å². The monoisotopic (exact) mass is 343 g/mol. The van der Waals surface area contributed by atoms with E-state index in [1.807, 2.05) is 4.90 Å². The summed E-state index contributed by atoms with van der Waals surface area (Å²) in [6, 6.07) is 11.7. The first kappa shape index (κ1) is 16.7. The minimum absolute atomic E-state index is 0.00344. The van der Waals surface area contributed by atoms with Gasteiger partial charge in [-0.15, -0.1) is 11.3 Å². The average Bonchev–Trinajstić information content (AvgIpc) is 3.12. The number of carbonyl (C=O) groups excluding carboxylic acids is 2. The molecule has 0 aliphatic carbocycles. The Labute approximate surface area is 145 Å². The number of carbonyl (C=O) groups is 2. The third-order valence-corrected chi connectivity index (χ3v) is 5.42. The molecule has 6 heteroatoms. The fraction of sp³-hybridized carbons (Fsp3) is 0.333. The third kappa shape index (κ3) is 3.34. The molecule has 0 radical (unpaired) electrons. The van der Waals surface area contributed by atoms with E-state index in [9.17, 15) is 9.59 Å². The van der Waals surface area contributed by atoms with E-state index in [2.05, 4.69) is 36.5 Å². The predicted octanol–water partition coefficient (Wildman–Crippen LogP) is 2.20. The molecule has 2 aromatic rings. The first-order chi connectivity index (χ1) is 11.6. The molecule has 0 spiro atoms. The van der Waals surface area contributed by atoms with E-state index < -0.39 is 5.91 Å². The second kappa shape index (κ2) is 7.15. The lowest BCUT2D eigenvalue weighted by molar-refractivity contribution is 0.0639. The van der Waals surface area contributed by atoms with Gasteiger partial charge in [0.2, 0.25) is 0 Å². The number of aryl methyl sites for hydroxylation is 1. The Kier molecular flexibility index (Phi) is 4.97. The van der Waals surface area contributed by atoms with Gasteiger partial charge in [0.05, 0.1) is 15.8 Å². The molecule has 3 rings (SSSR count). The molecule has 1 atom stereocenters. The van der Waals surface area contributed by atoms with Gasteiger partial charge in [0.15, 0.2) is 0 Å². The lowest BCUT2D eigenvalue weighted by Crippen LogP contribution is -2.48. The minimum atomic E-state index is -0.494. The second-order valence-electron chi connectivity index (χ2n) is 5.84. The fourth-order valence-electron chi connectivity index (χ4n) is 2.95. The zero-order valence-electron chi connectivity index (χ0n) is 13.6. The average molecular weight is 343 g/mol. The van der Waals surface area contributed by atoms with Crippen LogP contribution in [0.5, 0.6) is 0 Å². The van der Waals surface area contributed by atoms with E-state index in [0.29, 0.717) is 16.3 Å². The van der Waals surface area contributed by atoms with Crippen molar-refractivity contribution in [2.24, 2.45) is 5.73 Å². The smallest absolute Gasteiger partial charge is 0.264 e. The number of nitrogens with zero attached hydrogens (tertiary/aromatic N) is 1. The summed E-state index contributed by atoms with van der Waals surface area (Å²) in [5.41, 5.74) is 7.69. The van der Waals surface area contributed by atoms with E-state index in [1.165, 1.54) is 5.56 Å². The molecule has 1 saturated heterocycles.